The van der Waals surface area contributed by atoms with Gasteiger partial charge in [0.05, 0.1) is 6.42 Å². The molecule has 5 nitrogen and oxygen atoms in total. The van der Waals surface area contributed by atoms with Crippen LogP contribution in [0.2, 0.25) is 0 Å². The van der Waals surface area contributed by atoms with E-state index < -0.39 is 11.9 Å². The molecule has 0 saturated carbocycles. The predicted octanol–water partition coefficient (Wildman–Crippen LogP) is 10.5. The highest BCUT2D eigenvalue weighted by atomic mass is 16.5. The number of carbonyl (C=O) groups is 2. The predicted molar refractivity (Wildman–Crippen MR) is 182 cm³/mol. The van der Waals surface area contributed by atoms with E-state index in [1.807, 2.05) is 78.0 Å². The number of esters is 1. The zero-order valence-electron chi connectivity index (χ0n) is 28.3. The Morgan fingerprint density at radius 1 is 0.932 bits per heavy atom. The van der Waals surface area contributed by atoms with Crippen molar-refractivity contribution in [3.63, 3.8) is 0 Å². The summed E-state index contributed by atoms with van der Waals surface area (Å²) in [6.07, 6.45) is 15.4. The van der Waals surface area contributed by atoms with Gasteiger partial charge >= 0.3 is 11.9 Å². The zero-order chi connectivity index (χ0) is 33.0. The number of carboxylic acid groups (broad SMARTS) is 1. The molecule has 44 heavy (non-hydrogen) atoms. The van der Waals surface area contributed by atoms with Crippen LogP contribution in [0.5, 0.6) is 17.2 Å². The van der Waals surface area contributed by atoms with Gasteiger partial charge in [-0.15, -0.1) is 0 Å². The van der Waals surface area contributed by atoms with E-state index in [0.717, 1.165) is 33.4 Å². The first-order chi connectivity index (χ1) is 20.7. The molecule has 0 spiro atoms. The van der Waals surface area contributed by atoms with E-state index in [1.54, 1.807) is 12.1 Å². The Hall–Kier alpha value is -4.12. The average molecular weight is 599 g/mol. The first-order valence-corrected chi connectivity index (χ1v) is 15.5. The molecular formula is C39H50O5. The van der Waals surface area contributed by atoms with Gasteiger partial charge in [0.1, 0.15) is 17.2 Å². The van der Waals surface area contributed by atoms with Crippen LogP contribution in [0.15, 0.2) is 89.1 Å². The SMILES string of the molecule is CC.CC1=C(/C=C/C(C)=C/C=C/C(C)=C/C(=O)Oc2c(C)cc(Oc3ccc(CC(=O)O)cc3C)cc2C)C(C)(C)CCC1. The van der Waals surface area contributed by atoms with E-state index in [-0.39, 0.29) is 11.8 Å². The van der Waals surface area contributed by atoms with Crippen molar-refractivity contribution in [1.82, 2.24) is 0 Å². The van der Waals surface area contributed by atoms with Crippen molar-refractivity contribution in [2.24, 2.45) is 5.41 Å². The minimum absolute atomic E-state index is 0.0340. The van der Waals surface area contributed by atoms with E-state index >= 15 is 0 Å². The number of rotatable bonds is 10. The molecule has 0 aromatic heterocycles. The molecular weight excluding hydrogens is 548 g/mol. The standard InChI is InChI=1S/C37H44O5.C2H6/c1-24(14-16-32-26(3)13-10-18-37(32,7)8)11-9-12-25(2)19-35(40)42-36-28(5)21-31(22-29(36)6)41-33-17-15-30(20-27(33)4)23-34(38)39;1-2/h9,11-12,14-17,19-22H,10,13,18,23H2,1-8H3,(H,38,39);1-2H3/b12-9+,16-14+,24-11+,25-19+;. The first kappa shape index (κ1) is 36.1. The maximum atomic E-state index is 12.7. The summed E-state index contributed by atoms with van der Waals surface area (Å²) in [4.78, 5) is 23.7. The lowest BCUT2D eigenvalue weighted by molar-refractivity contribution is -0.136. The number of ether oxygens (including phenoxy) is 2. The third-order valence-electron chi connectivity index (χ3n) is 7.58. The van der Waals surface area contributed by atoms with Gasteiger partial charge in [0, 0.05) is 6.08 Å². The Bertz CT molecular complexity index is 1470. The van der Waals surface area contributed by atoms with E-state index in [0.29, 0.717) is 17.2 Å². The Morgan fingerprint density at radius 3 is 2.18 bits per heavy atom. The highest BCUT2D eigenvalue weighted by Crippen LogP contribution is 2.40. The molecule has 0 bridgehead atoms. The van der Waals surface area contributed by atoms with Crippen molar-refractivity contribution in [1.29, 1.82) is 0 Å². The quantitative estimate of drug-likeness (QED) is 0.127. The van der Waals surface area contributed by atoms with Crippen LogP contribution in [0.3, 0.4) is 0 Å². The summed E-state index contributed by atoms with van der Waals surface area (Å²) in [7, 11) is 0. The summed E-state index contributed by atoms with van der Waals surface area (Å²) < 4.78 is 11.8. The van der Waals surface area contributed by atoms with Gasteiger partial charge in [-0.3, -0.25) is 4.79 Å². The van der Waals surface area contributed by atoms with Gasteiger partial charge in [0.15, 0.2) is 0 Å². The van der Waals surface area contributed by atoms with Crippen molar-refractivity contribution in [3.05, 3.63) is 111 Å². The van der Waals surface area contributed by atoms with Crippen LogP contribution >= 0.6 is 0 Å². The minimum atomic E-state index is -0.873. The van der Waals surface area contributed by atoms with E-state index in [2.05, 4.69) is 39.8 Å². The third kappa shape index (κ3) is 10.9. The van der Waals surface area contributed by atoms with Crippen LogP contribution in [0.25, 0.3) is 0 Å². The van der Waals surface area contributed by atoms with Crippen LogP contribution in [0, 0.1) is 26.2 Å². The topological polar surface area (TPSA) is 72.8 Å². The Morgan fingerprint density at radius 2 is 1.59 bits per heavy atom. The third-order valence-corrected chi connectivity index (χ3v) is 7.58. The summed E-state index contributed by atoms with van der Waals surface area (Å²) in [6.45, 7) is 20.4. The smallest absolute Gasteiger partial charge is 0.336 e. The molecule has 1 aliphatic carbocycles. The number of benzene rings is 2. The van der Waals surface area contributed by atoms with Gasteiger partial charge in [0.2, 0.25) is 0 Å². The number of carboxylic acids is 1. The Kier molecular flexibility index (Phi) is 13.7. The van der Waals surface area contributed by atoms with Gasteiger partial charge < -0.3 is 14.6 Å². The van der Waals surface area contributed by atoms with Crippen molar-refractivity contribution < 1.29 is 24.2 Å². The van der Waals surface area contributed by atoms with Gasteiger partial charge in [-0.2, -0.15) is 0 Å². The van der Waals surface area contributed by atoms with E-state index in [9.17, 15) is 9.59 Å². The molecule has 0 aliphatic heterocycles. The second-order valence-electron chi connectivity index (χ2n) is 12.0. The van der Waals surface area contributed by atoms with Crippen molar-refractivity contribution in [3.8, 4) is 17.2 Å². The summed E-state index contributed by atoms with van der Waals surface area (Å²) in [5, 5.41) is 9.01. The van der Waals surface area contributed by atoms with Crippen molar-refractivity contribution in [2.75, 3.05) is 0 Å². The Balaban J connectivity index is 0.00000330. The van der Waals surface area contributed by atoms with Crippen LogP contribution in [0.1, 0.15) is 90.0 Å². The lowest BCUT2D eigenvalue weighted by Gasteiger charge is -2.32. The fourth-order valence-corrected chi connectivity index (χ4v) is 5.36. The van der Waals surface area contributed by atoms with Gasteiger partial charge in [-0.05, 0) is 118 Å². The molecule has 236 valence electrons. The summed E-state index contributed by atoms with van der Waals surface area (Å²) >= 11 is 0. The maximum Gasteiger partial charge on any atom is 0.336 e. The number of hydrogen-bond acceptors (Lipinski definition) is 4. The molecule has 0 heterocycles. The monoisotopic (exact) mass is 598 g/mol. The number of aryl methyl sites for hydroxylation is 3. The largest absolute Gasteiger partial charge is 0.481 e. The minimum Gasteiger partial charge on any atom is -0.481 e. The van der Waals surface area contributed by atoms with Crippen LogP contribution in [-0.4, -0.2) is 17.0 Å². The maximum absolute atomic E-state index is 12.7. The molecule has 0 amide bonds. The number of carbonyl (C=O) groups excluding carboxylic acids is 1. The van der Waals surface area contributed by atoms with Crippen molar-refractivity contribution in [2.45, 2.75) is 94.9 Å². The lowest BCUT2D eigenvalue weighted by Crippen LogP contribution is -2.19. The van der Waals surface area contributed by atoms with Crippen LogP contribution in [0.4, 0.5) is 0 Å². The van der Waals surface area contributed by atoms with Gasteiger partial charge in [-0.25, -0.2) is 4.79 Å². The van der Waals surface area contributed by atoms with Gasteiger partial charge in [-0.1, -0.05) is 81.4 Å². The molecule has 0 unspecified atom stereocenters. The fraction of sp³-hybridized carbons (Fsp3) is 0.385. The molecule has 2 aromatic carbocycles. The Labute approximate surface area is 264 Å². The number of aliphatic carboxylic acids is 1. The highest BCUT2D eigenvalue weighted by Gasteiger charge is 2.26. The lowest BCUT2D eigenvalue weighted by atomic mass is 9.72. The zero-order valence-corrected chi connectivity index (χ0v) is 28.3. The van der Waals surface area contributed by atoms with Crippen LogP contribution < -0.4 is 9.47 Å². The van der Waals surface area contributed by atoms with E-state index in [1.165, 1.54) is 36.5 Å². The molecule has 0 saturated heterocycles. The molecule has 1 aliphatic rings. The molecule has 1 N–H and O–H groups in total. The summed E-state index contributed by atoms with van der Waals surface area (Å²) in [5.41, 5.74) is 8.18. The van der Waals surface area contributed by atoms with E-state index in [4.69, 9.17) is 14.6 Å². The summed E-state index contributed by atoms with van der Waals surface area (Å²) in [5.74, 6) is 0.447. The highest BCUT2D eigenvalue weighted by molar-refractivity contribution is 5.85. The number of allylic oxidation sites excluding steroid dienone is 9. The molecule has 5 heteroatoms. The summed E-state index contributed by atoms with van der Waals surface area (Å²) in [6, 6.07) is 8.98. The van der Waals surface area contributed by atoms with Crippen molar-refractivity contribution >= 4 is 11.9 Å². The molecule has 3 rings (SSSR count). The molecule has 0 radical (unpaired) electrons. The van der Waals surface area contributed by atoms with Gasteiger partial charge in [0.25, 0.3) is 0 Å². The molecule has 0 fully saturated rings. The second kappa shape index (κ2) is 16.7. The van der Waals surface area contributed by atoms with Crippen LogP contribution in [-0.2, 0) is 16.0 Å². The number of hydrogen-bond donors (Lipinski definition) is 1. The second-order valence-corrected chi connectivity index (χ2v) is 12.0. The fourth-order valence-electron chi connectivity index (χ4n) is 5.36. The normalized spacial score (nSPS) is 15.3. The molecule has 2 aromatic rings. The molecule has 0 atom stereocenters. The first-order valence-electron chi connectivity index (χ1n) is 15.5. The average Bonchev–Trinajstić information content (AvgIpc) is 2.92.